The van der Waals surface area contributed by atoms with Crippen molar-refractivity contribution in [1.82, 2.24) is 10.2 Å². The second-order valence-corrected chi connectivity index (χ2v) is 6.96. The summed E-state index contributed by atoms with van der Waals surface area (Å²) in [6.45, 7) is 7.23. The molecule has 0 spiro atoms. The SMILES string of the molecule is CC(NCCCN(C)C1CCCCC1)C1(C)CC1. The predicted molar refractivity (Wildman–Crippen MR) is 78.9 cm³/mol. The average molecular weight is 252 g/mol. The molecule has 2 aliphatic rings. The summed E-state index contributed by atoms with van der Waals surface area (Å²) in [6, 6.07) is 1.58. The molecule has 106 valence electrons. The highest BCUT2D eigenvalue weighted by atomic mass is 15.1. The molecule has 2 saturated carbocycles. The molecule has 0 bridgehead atoms. The molecule has 0 amide bonds. The molecule has 1 unspecified atom stereocenters. The van der Waals surface area contributed by atoms with Crippen molar-refractivity contribution >= 4 is 0 Å². The van der Waals surface area contributed by atoms with Crippen LogP contribution in [0.25, 0.3) is 0 Å². The highest BCUT2D eigenvalue weighted by molar-refractivity contribution is 4.96. The smallest absolute Gasteiger partial charge is 0.00925 e. The minimum absolute atomic E-state index is 0.620. The molecule has 1 atom stereocenters. The molecule has 0 aliphatic heterocycles. The molecule has 0 aromatic carbocycles. The molecule has 0 saturated heterocycles. The van der Waals surface area contributed by atoms with Crippen molar-refractivity contribution in [2.45, 2.75) is 77.3 Å². The summed E-state index contributed by atoms with van der Waals surface area (Å²) < 4.78 is 0. The number of hydrogen-bond acceptors (Lipinski definition) is 2. The van der Waals surface area contributed by atoms with E-state index >= 15 is 0 Å². The van der Waals surface area contributed by atoms with E-state index in [0.29, 0.717) is 11.5 Å². The first kappa shape index (κ1) is 14.3. The standard InChI is InChI=1S/C16H32N2/c1-14(16(2)10-11-16)17-12-7-13-18(3)15-8-5-4-6-9-15/h14-15,17H,4-13H2,1-3H3. The second-order valence-electron chi connectivity index (χ2n) is 6.96. The van der Waals surface area contributed by atoms with Crippen molar-refractivity contribution in [2.24, 2.45) is 5.41 Å². The van der Waals surface area contributed by atoms with E-state index in [-0.39, 0.29) is 0 Å². The van der Waals surface area contributed by atoms with Crippen molar-refractivity contribution in [3.63, 3.8) is 0 Å². The summed E-state index contributed by atoms with van der Waals surface area (Å²) >= 11 is 0. The fraction of sp³-hybridized carbons (Fsp3) is 1.00. The number of hydrogen-bond donors (Lipinski definition) is 1. The molecule has 2 rings (SSSR count). The third-order valence-corrected chi connectivity index (χ3v) is 5.42. The molecule has 2 aliphatic carbocycles. The normalized spacial score (nSPS) is 25.3. The van der Waals surface area contributed by atoms with E-state index < -0.39 is 0 Å². The lowest BCUT2D eigenvalue weighted by molar-refractivity contribution is 0.188. The van der Waals surface area contributed by atoms with Gasteiger partial charge in [0.25, 0.3) is 0 Å². The van der Waals surface area contributed by atoms with Gasteiger partial charge in [-0.15, -0.1) is 0 Å². The van der Waals surface area contributed by atoms with Crippen molar-refractivity contribution in [3.8, 4) is 0 Å². The van der Waals surface area contributed by atoms with Gasteiger partial charge in [0.15, 0.2) is 0 Å². The van der Waals surface area contributed by atoms with Crippen LogP contribution in [0.1, 0.15) is 65.2 Å². The van der Waals surface area contributed by atoms with E-state index in [4.69, 9.17) is 0 Å². The topological polar surface area (TPSA) is 15.3 Å². The third-order valence-electron chi connectivity index (χ3n) is 5.42. The molecule has 18 heavy (non-hydrogen) atoms. The van der Waals surface area contributed by atoms with Gasteiger partial charge in [-0.25, -0.2) is 0 Å². The minimum atomic E-state index is 0.620. The highest BCUT2D eigenvalue weighted by Crippen LogP contribution is 2.47. The summed E-state index contributed by atoms with van der Waals surface area (Å²) in [6.07, 6.45) is 11.4. The Morgan fingerprint density at radius 2 is 1.89 bits per heavy atom. The molecule has 0 heterocycles. The molecule has 0 radical (unpaired) electrons. The fourth-order valence-corrected chi connectivity index (χ4v) is 3.23. The summed E-state index contributed by atoms with van der Waals surface area (Å²) in [4.78, 5) is 2.60. The van der Waals surface area contributed by atoms with Gasteiger partial charge in [0.2, 0.25) is 0 Å². The van der Waals surface area contributed by atoms with Gasteiger partial charge < -0.3 is 10.2 Å². The highest BCUT2D eigenvalue weighted by Gasteiger charge is 2.41. The second kappa shape index (κ2) is 6.38. The van der Waals surface area contributed by atoms with Crippen LogP contribution in [0.2, 0.25) is 0 Å². The molecule has 0 aromatic heterocycles. The van der Waals surface area contributed by atoms with E-state index in [1.807, 2.05) is 0 Å². The van der Waals surface area contributed by atoms with Crippen LogP contribution in [0.15, 0.2) is 0 Å². The van der Waals surface area contributed by atoms with Crippen molar-refractivity contribution < 1.29 is 0 Å². The monoisotopic (exact) mass is 252 g/mol. The van der Waals surface area contributed by atoms with Gasteiger partial charge in [0, 0.05) is 12.1 Å². The Bertz CT molecular complexity index is 241. The molecular formula is C16H32N2. The third kappa shape index (κ3) is 3.96. The molecule has 0 aromatic rings. The van der Waals surface area contributed by atoms with E-state index in [1.165, 1.54) is 64.5 Å². The predicted octanol–water partition coefficient (Wildman–Crippen LogP) is 3.42. The molecule has 2 fully saturated rings. The average Bonchev–Trinajstić information content (AvgIpc) is 3.14. The largest absolute Gasteiger partial charge is 0.314 e. The van der Waals surface area contributed by atoms with Crippen LogP contribution in [0.4, 0.5) is 0 Å². The molecule has 2 nitrogen and oxygen atoms in total. The van der Waals surface area contributed by atoms with Gasteiger partial charge in [-0.3, -0.25) is 0 Å². The Morgan fingerprint density at radius 3 is 2.50 bits per heavy atom. The van der Waals surface area contributed by atoms with E-state index in [9.17, 15) is 0 Å². The molecular weight excluding hydrogens is 220 g/mol. The number of rotatable bonds is 7. The van der Waals surface area contributed by atoms with Crippen LogP contribution in [-0.2, 0) is 0 Å². The summed E-state index contributed by atoms with van der Waals surface area (Å²) in [5, 5.41) is 3.72. The Hall–Kier alpha value is -0.0800. The lowest BCUT2D eigenvalue weighted by Gasteiger charge is -2.31. The Morgan fingerprint density at radius 1 is 1.22 bits per heavy atom. The minimum Gasteiger partial charge on any atom is -0.314 e. The first-order chi connectivity index (χ1) is 8.62. The van der Waals surface area contributed by atoms with E-state index in [1.54, 1.807) is 0 Å². The molecule has 1 N–H and O–H groups in total. The van der Waals surface area contributed by atoms with E-state index in [0.717, 1.165) is 6.04 Å². The zero-order valence-corrected chi connectivity index (χ0v) is 12.7. The number of nitrogens with zero attached hydrogens (tertiary/aromatic N) is 1. The fourth-order valence-electron chi connectivity index (χ4n) is 3.23. The van der Waals surface area contributed by atoms with Crippen LogP contribution in [0, 0.1) is 5.41 Å². The Kier molecular flexibility index (Phi) is 5.08. The van der Waals surface area contributed by atoms with Gasteiger partial charge in [-0.2, -0.15) is 0 Å². The maximum absolute atomic E-state index is 3.72. The van der Waals surface area contributed by atoms with Crippen molar-refractivity contribution in [3.05, 3.63) is 0 Å². The lowest BCUT2D eigenvalue weighted by atomic mass is 9.94. The first-order valence-electron chi connectivity index (χ1n) is 8.05. The van der Waals surface area contributed by atoms with Gasteiger partial charge in [-0.1, -0.05) is 26.2 Å². The lowest BCUT2D eigenvalue weighted by Crippen LogP contribution is -2.38. The Labute approximate surface area is 114 Å². The van der Waals surface area contributed by atoms with Crippen LogP contribution < -0.4 is 5.32 Å². The van der Waals surface area contributed by atoms with Crippen molar-refractivity contribution in [2.75, 3.05) is 20.1 Å². The van der Waals surface area contributed by atoms with Crippen LogP contribution in [0.5, 0.6) is 0 Å². The van der Waals surface area contributed by atoms with Crippen LogP contribution in [0.3, 0.4) is 0 Å². The van der Waals surface area contributed by atoms with Gasteiger partial charge in [0.1, 0.15) is 0 Å². The molecule has 2 heteroatoms. The summed E-state index contributed by atoms with van der Waals surface area (Å²) in [5.41, 5.74) is 0.620. The summed E-state index contributed by atoms with van der Waals surface area (Å²) in [7, 11) is 2.32. The Balaban J connectivity index is 1.54. The maximum atomic E-state index is 3.72. The van der Waals surface area contributed by atoms with E-state index in [2.05, 4.69) is 31.1 Å². The number of nitrogens with one attached hydrogen (secondary N) is 1. The first-order valence-corrected chi connectivity index (χ1v) is 8.05. The van der Waals surface area contributed by atoms with Crippen LogP contribution in [-0.4, -0.2) is 37.1 Å². The zero-order valence-electron chi connectivity index (χ0n) is 12.7. The van der Waals surface area contributed by atoms with Gasteiger partial charge in [0.05, 0.1) is 0 Å². The maximum Gasteiger partial charge on any atom is 0.00925 e. The quantitative estimate of drug-likeness (QED) is 0.698. The van der Waals surface area contributed by atoms with Gasteiger partial charge in [-0.05, 0) is 64.6 Å². The summed E-state index contributed by atoms with van der Waals surface area (Å²) in [5.74, 6) is 0. The van der Waals surface area contributed by atoms with Gasteiger partial charge >= 0.3 is 0 Å². The zero-order chi connectivity index (χ0) is 13.0. The van der Waals surface area contributed by atoms with Crippen LogP contribution >= 0.6 is 0 Å². The van der Waals surface area contributed by atoms with Crippen molar-refractivity contribution in [1.29, 1.82) is 0 Å².